The lowest BCUT2D eigenvalue weighted by Crippen LogP contribution is -2.31. The van der Waals surface area contributed by atoms with Crippen LogP contribution in [0.3, 0.4) is 0 Å². The molecule has 8 heteroatoms. The summed E-state index contributed by atoms with van der Waals surface area (Å²) < 4.78 is 0. The second-order valence-electron chi connectivity index (χ2n) is 8.29. The Morgan fingerprint density at radius 2 is 1.70 bits per heavy atom. The monoisotopic (exact) mass is 460 g/mol. The molecule has 5 rings (SSSR count). The number of carbonyl (C=O) groups is 3. The van der Waals surface area contributed by atoms with Crippen molar-refractivity contribution in [1.82, 2.24) is 14.8 Å². The molecule has 0 saturated heterocycles. The number of fused-ring (bicyclic) bond motifs is 2. The Balaban J connectivity index is 1.11. The summed E-state index contributed by atoms with van der Waals surface area (Å²) in [4.78, 5) is 46.7. The first-order chi connectivity index (χ1) is 16.1. The molecule has 7 nitrogen and oxygen atoms in total. The fourth-order valence-electron chi connectivity index (χ4n) is 4.30. The molecule has 0 aliphatic carbocycles. The molecule has 3 heterocycles. The summed E-state index contributed by atoms with van der Waals surface area (Å²) in [5.41, 5.74) is 3.21. The molecule has 2 aromatic carbocycles. The van der Waals surface area contributed by atoms with Gasteiger partial charge in [0.15, 0.2) is 5.13 Å². The molecule has 0 unspecified atom stereocenters. The van der Waals surface area contributed by atoms with Crippen LogP contribution in [-0.4, -0.2) is 45.6 Å². The first kappa shape index (κ1) is 21.5. The maximum absolute atomic E-state index is 12.4. The summed E-state index contributed by atoms with van der Waals surface area (Å²) in [6.07, 6.45) is 1.50. The van der Waals surface area contributed by atoms with Gasteiger partial charge in [-0.15, -0.1) is 11.3 Å². The molecule has 0 bridgehead atoms. The van der Waals surface area contributed by atoms with Crippen molar-refractivity contribution >= 4 is 34.2 Å². The fourth-order valence-corrected chi connectivity index (χ4v) is 5.37. The molecule has 33 heavy (non-hydrogen) atoms. The second-order valence-corrected chi connectivity index (χ2v) is 9.38. The van der Waals surface area contributed by atoms with Crippen LogP contribution in [0.4, 0.5) is 5.13 Å². The van der Waals surface area contributed by atoms with E-state index in [2.05, 4.69) is 39.5 Å². The molecule has 0 fully saturated rings. The third-order valence-corrected chi connectivity index (χ3v) is 6.97. The minimum Gasteiger partial charge on any atom is -0.302 e. The van der Waals surface area contributed by atoms with E-state index in [4.69, 9.17) is 0 Å². The van der Waals surface area contributed by atoms with Gasteiger partial charge in [0.2, 0.25) is 5.91 Å². The van der Waals surface area contributed by atoms with Crippen molar-refractivity contribution in [3.05, 3.63) is 81.9 Å². The Labute approximate surface area is 196 Å². The van der Waals surface area contributed by atoms with Crippen molar-refractivity contribution in [3.8, 4) is 0 Å². The van der Waals surface area contributed by atoms with E-state index in [1.165, 1.54) is 26.7 Å². The summed E-state index contributed by atoms with van der Waals surface area (Å²) in [5, 5.41) is 3.51. The number of hydrogen-bond acceptors (Lipinski definition) is 6. The van der Waals surface area contributed by atoms with Crippen LogP contribution in [0.2, 0.25) is 0 Å². The van der Waals surface area contributed by atoms with E-state index in [1.807, 2.05) is 6.07 Å². The number of imide groups is 1. The Morgan fingerprint density at radius 3 is 2.42 bits per heavy atom. The van der Waals surface area contributed by atoms with E-state index in [0.717, 1.165) is 31.7 Å². The van der Waals surface area contributed by atoms with Gasteiger partial charge in [-0.25, -0.2) is 4.98 Å². The molecule has 1 N–H and O–H groups in total. The van der Waals surface area contributed by atoms with Gasteiger partial charge in [0.1, 0.15) is 0 Å². The molecule has 2 aliphatic rings. The molecule has 0 spiro atoms. The van der Waals surface area contributed by atoms with E-state index in [0.29, 0.717) is 22.7 Å². The molecule has 3 aromatic rings. The maximum Gasteiger partial charge on any atom is 0.261 e. The van der Waals surface area contributed by atoms with Crippen molar-refractivity contribution in [2.24, 2.45) is 0 Å². The van der Waals surface area contributed by atoms with Gasteiger partial charge in [-0.3, -0.25) is 24.2 Å². The van der Waals surface area contributed by atoms with Crippen LogP contribution in [0.15, 0.2) is 54.6 Å². The molecule has 3 amide bonds. The number of nitrogens with zero attached hydrogens (tertiary/aromatic N) is 3. The first-order valence-electron chi connectivity index (χ1n) is 11.1. The number of rotatable bonds is 7. The SMILES string of the molecule is O=C(CCCN1C(=O)c2ccccc2C1=O)Nc1nc2c(s1)CN(Cc1ccccc1)CC2. The molecule has 0 atom stereocenters. The normalized spacial score (nSPS) is 15.5. The predicted octanol–water partition coefficient (Wildman–Crippen LogP) is 3.72. The van der Waals surface area contributed by atoms with Crippen molar-refractivity contribution in [3.63, 3.8) is 0 Å². The highest BCUT2D eigenvalue weighted by molar-refractivity contribution is 7.15. The summed E-state index contributed by atoms with van der Waals surface area (Å²) in [7, 11) is 0. The lowest BCUT2D eigenvalue weighted by molar-refractivity contribution is -0.116. The van der Waals surface area contributed by atoms with Gasteiger partial charge in [-0.2, -0.15) is 0 Å². The number of amides is 3. The van der Waals surface area contributed by atoms with Gasteiger partial charge >= 0.3 is 0 Å². The van der Waals surface area contributed by atoms with Crippen molar-refractivity contribution in [1.29, 1.82) is 0 Å². The van der Waals surface area contributed by atoms with Gasteiger partial charge in [0.25, 0.3) is 11.8 Å². The van der Waals surface area contributed by atoms with E-state index < -0.39 is 0 Å². The molecular weight excluding hydrogens is 436 g/mol. The standard InChI is InChI=1S/C25H24N4O3S/c30-22(11-6-13-29-23(31)18-9-4-5-10-19(18)24(29)32)27-25-26-20-12-14-28(16-21(20)33-25)15-17-7-2-1-3-8-17/h1-5,7-10H,6,11-16H2,(H,26,27,30). The summed E-state index contributed by atoms with van der Waals surface area (Å²) in [6.45, 7) is 2.90. The highest BCUT2D eigenvalue weighted by Gasteiger charge is 2.34. The highest BCUT2D eigenvalue weighted by Crippen LogP contribution is 2.29. The molecular formula is C25H24N4O3S. The number of benzene rings is 2. The van der Waals surface area contributed by atoms with Gasteiger partial charge in [-0.05, 0) is 24.1 Å². The van der Waals surface area contributed by atoms with Crippen LogP contribution in [0, 0.1) is 0 Å². The van der Waals surface area contributed by atoms with Crippen LogP contribution >= 0.6 is 11.3 Å². The number of nitrogens with one attached hydrogen (secondary N) is 1. The third-order valence-electron chi connectivity index (χ3n) is 5.97. The summed E-state index contributed by atoms with van der Waals surface area (Å²) in [6, 6.07) is 17.2. The predicted molar refractivity (Wildman–Crippen MR) is 126 cm³/mol. The molecule has 2 aliphatic heterocycles. The van der Waals surface area contributed by atoms with Crippen LogP contribution in [0.25, 0.3) is 0 Å². The zero-order valence-electron chi connectivity index (χ0n) is 18.1. The van der Waals surface area contributed by atoms with Crippen LogP contribution in [0.5, 0.6) is 0 Å². The second kappa shape index (κ2) is 9.25. The number of aromatic nitrogens is 1. The Morgan fingerprint density at radius 1 is 1.00 bits per heavy atom. The van der Waals surface area contributed by atoms with E-state index in [-0.39, 0.29) is 30.7 Å². The minimum absolute atomic E-state index is 0.154. The zero-order chi connectivity index (χ0) is 22.8. The number of anilines is 1. The largest absolute Gasteiger partial charge is 0.302 e. The number of hydrogen-bond donors (Lipinski definition) is 1. The van der Waals surface area contributed by atoms with Crippen LogP contribution in [0.1, 0.15) is 49.7 Å². The van der Waals surface area contributed by atoms with Crippen LogP contribution < -0.4 is 5.32 Å². The van der Waals surface area contributed by atoms with Gasteiger partial charge < -0.3 is 5.32 Å². The van der Waals surface area contributed by atoms with Crippen molar-refractivity contribution < 1.29 is 14.4 Å². The number of carbonyl (C=O) groups excluding carboxylic acids is 3. The maximum atomic E-state index is 12.4. The van der Waals surface area contributed by atoms with E-state index >= 15 is 0 Å². The minimum atomic E-state index is -0.288. The third kappa shape index (κ3) is 4.58. The average Bonchev–Trinajstić information content (AvgIpc) is 3.33. The molecule has 1 aromatic heterocycles. The Bertz CT molecular complexity index is 1170. The Hall–Kier alpha value is -3.36. The van der Waals surface area contributed by atoms with Gasteiger partial charge in [0.05, 0.1) is 16.8 Å². The van der Waals surface area contributed by atoms with Gasteiger partial charge in [-0.1, -0.05) is 42.5 Å². The fraction of sp³-hybridized carbons (Fsp3) is 0.280. The molecule has 168 valence electrons. The van der Waals surface area contributed by atoms with Gasteiger partial charge in [0, 0.05) is 43.9 Å². The van der Waals surface area contributed by atoms with E-state index in [9.17, 15) is 14.4 Å². The van der Waals surface area contributed by atoms with E-state index in [1.54, 1.807) is 24.3 Å². The lowest BCUT2D eigenvalue weighted by atomic mass is 10.1. The lowest BCUT2D eigenvalue weighted by Gasteiger charge is -2.25. The van der Waals surface area contributed by atoms with Crippen molar-refractivity contribution in [2.75, 3.05) is 18.4 Å². The zero-order valence-corrected chi connectivity index (χ0v) is 18.9. The Kier molecular flexibility index (Phi) is 6.02. The van der Waals surface area contributed by atoms with Crippen LogP contribution in [-0.2, 0) is 24.3 Å². The molecule has 0 radical (unpaired) electrons. The smallest absolute Gasteiger partial charge is 0.261 e. The quantitative estimate of drug-likeness (QED) is 0.544. The average molecular weight is 461 g/mol. The van der Waals surface area contributed by atoms with Crippen molar-refractivity contribution in [2.45, 2.75) is 32.4 Å². The number of thiazole rings is 1. The summed E-state index contributed by atoms with van der Waals surface area (Å²) >= 11 is 1.53. The summed E-state index contributed by atoms with van der Waals surface area (Å²) in [5.74, 6) is -0.730. The first-order valence-corrected chi connectivity index (χ1v) is 11.9. The topological polar surface area (TPSA) is 82.6 Å². The highest BCUT2D eigenvalue weighted by atomic mass is 32.1. The molecule has 0 saturated carbocycles.